The van der Waals surface area contributed by atoms with E-state index in [1.807, 2.05) is 19.6 Å². The molecule has 0 aromatic rings. The lowest BCUT2D eigenvalue weighted by atomic mass is 10.1. The first-order valence-electron chi connectivity index (χ1n) is 6.61. The first-order valence-corrected chi connectivity index (χ1v) is 10.0. The van der Waals surface area contributed by atoms with E-state index in [4.69, 9.17) is 10.8 Å². The van der Waals surface area contributed by atoms with Gasteiger partial charge in [-0.3, -0.25) is 4.79 Å². The monoisotopic (exact) mass is 254 g/mol. The molecule has 0 aliphatic carbocycles. The van der Waals surface area contributed by atoms with Crippen LogP contribution in [0.1, 0.15) is 51.4 Å². The first kappa shape index (κ1) is 16.2. The van der Waals surface area contributed by atoms with Crippen LogP contribution in [-0.4, -0.2) is 14.3 Å². The fourth-order valence-electron chi connectivity index (χ4n) is 1.60. The van der Waals surface area contributed by atoms with Crippen LogP contribution in [0.2, 0.25) is 19.6 Å². The van der Waals surface area contributed by atoms with Crippen LogP contribution < -0.4 is 0 Å². The summed E-state index contributed by atoms with van der Waals surface area (Å²) in [5.41, 5.74) is 0. The molecule has 0 radical (unpaired) electrons. The van der Waals surface area contributed by atoms with Crippen molar-refractivity contribution in [2.24, 2.45) is 0 Å². The third-order valence-electron chi connectivity index (χ3n) is 2.37. The molecular weight excluding hydrogens is 228 g/mol. The molecule has 0 aliphatic rings. The Labute approximate surface area is 107 Å². The number of carbonyl (C=O) groups is 1. The summed E-state index contributed by atoms with van der Waals surface area (Å²) in [5, 5.41) is 0. The highest BCUT2D eigenvalue weighted by molar-refractivity contribution is 6.71. The number of hydrogen-bond acceptors (Lipinski definition) is 2. The van der Waals surface area contributed by atoms with Crippen LogP contribution in [-0.2, 0) is 9.22 Å². The van der Waals surface area contributed by atoms with Gasteiger partial charge in [-0.2, -0.15) is 0 Å². The third kappa shape index (κ3) is 13.2. The molecule has 2 nitrogen and oxygen atoms in total. The third-order valence-corrected chi connectivity index (χ3v) is 3.21. The Morgan fingerprint density at radius 2 is 1.59 bits per heavy atom. The van der Waals surface area contributed by atoms with Crippen molar-refractivity contribution in [3.8, 4) is 12.3 Å². The summed E-state index contributed by atoms with van der Waals surface area (Å²) < 4.78 is 5.38. The number of carbonyl (C=O) groups excluding carboxylic acids is 1. The lowest BCUT2D eigenvalue weighted by Gasteiger charge is -2.17. The Balaban J connectivity index is 3.29. The van der Waals surface area contributed by atoms with Crippen LogP contribution in [0.15, 0.2) is 0 Å². The van der Waals surface area contributed by atoms with E-state index in [1.54, 1.807) is 0 Å². The largest absolute Gasteiger partial charge is 0.520 e. The van der Waals surface area contributed by atoms with Crippen LogP contribution in [0.25, 0.3) is 0 Å². The predicted octanol–water partition coefficient (Wildman–Crippen LogP) is 4.12. The number of terminal acetylenes is 1. The van der Waals surface area contributed by atoms with Gasteiger partial charge in [0.15, 0.2) is 0 Å². The summed E-state index contributed by atoms with van der Waals surface area (Å²) >= 11 is 0. The Morgan fingerprint density at radius 1 is 1.06 bits per heavy atom. The van der Waals surface area contributed by atoms with E-state index in [0.29, 0.717) is 6.42 Å². The highest BCUT2D eigenvalue weighted by Crippen LogP contribution is 2.10. The van der Waals surface area contributed by atoms with Gasteiger partial charge < -0.3 is 4.43 Å². The molecule has 0 spiro atoms. The standard InChI is InChI=1S/C14H26O2Si/c1-5-6-7-8-9-10-11-12-13-14(15)16-17(2,3)4/h1H,6-13H2,2-4H3. The summed E-state index contributed by atoms with van der Waals surface area (Å²) in [6.45, 7) is 6.11. The minimum atomic E-state index is -1.68. The SMILES string of the molecule is C#CCCCCCCCCC(=O)O[Si](C)(C)C. The maximum Gasteiger partial charge on any atom is 0.292 e. The Hall–Kier alpha value is -0.753. The van der Waals surface area contributed by atoms with Gasteiger partial charge in [0.05, 0.1) is 0 Å². The average Bonchev–Trinajstić information content (AvgIpc) is 2.19. The summed E-state index contributed by atoms with van der Waals surface area (Å²) in [7, 11) is -1.68. The fraction of sp³-hybridized carbons (Fsp3) is 0.786. The molecule has 0 saturated heterocycles. The molecule has 17 heavy (non-hydrogen) atoms. The zero-order valence-corrected chi connectivity index (χ0v) is 12.6. The van der Waals surface area contributed by atoms with E-state index in [0.717, 1.165) is 25.7 Å². The summed E-state index contributed by atoms with van der Waals surface area (Å²) in [4.78, 5) is 11.4. The minimum absolute atomic E-state index is 0.0171. The quantitative estimate of drug-likeness (QED) is 0.351. The lowest BCUT2D eigenvalue weighted by Crippen LogP contribution is -2.28. The van der Waals surface area contributed by atoms with Crippen LogP contribution in [0.5, 0.6) is 0 Å². The van der Waals surface area contributed by atoms with Gasteiger partial charge in [-0.25, -0.2) is 0 Å². The molecule has 0 aromatic heterocycles. The first-order chi connectivity index (χ1) is 7.95. The second kappa shape index (κ2) is 9.29. The van der Waals surface area contributed by atoms with Crippen molar-refractivity contribution in [3.05, 3.63) is 0 Å². The van der Waals surface area contributed by atoms with Gasteiger partial charge in [-0.05, 0) is 32.5 Å². The van der Waals surface area contributed by atoms with E-state index in [-0.39, 0.29) is 5.97 Å². The molecule has 0 unspecified atom stereocenters. The number of hydrogen-bond donors (Lipinski definition) is 0. The normalized spacial score (nSPS) is 10.9. The number of unbranched alkanes of at least 4 members (excludes halogenated alkanes) is 6. The van der Waals surface area contributed by atoms with Gasteiger partial charge in [-0.15, -0.1) is 12.3 Å². The molecular formula is C14H26O2Si. The zero-order chi connectivity index (χ0) is 13.1. The summed E-state index contributed by atoms with van der Waals surface area (Å²) in [5.74, 6) is 2.63. The molecule has 0 atom stereocenters. The van der Waals surface area contributed by atoms with Gasteiger partial charge in [-0.1, -0.05) is 25.7 Å². The van der Waals surface area contributed by atoms with E-state index in [1.165, 1.54) is 19.3 Å². The molecule has 0 bridgehead atoms. The molecule has 0 aliphatic heterocycles. The predicted molar refractivity (Wildman–Crippen MR) is 75.2 cm³/mol. The molecule has 0 heterocycles. The van der Waals surface area contributed by atoms with Gasteiger partial charge in [0.25, 0.3) is 5.97 Å². The lowest BCUT2D eigenvalue weighted by molar-refractivity contribution is -0.135. The second-order valence-corrected chi connectivity index (χ2v) is 9.84. The van der Waals surface area contributed by atoms with Gasteiger partial charge in [0, 0.05) is 12.8 Å². The molecule has 0 amide bonds. The van der Waals surface area contributed by atoms with E-state index < -0.39 is 8.32 Å². The molecule has 0 rings (SSSR count). The summed E-state index contributed by atoms with van der Waals surface area (Å²) in [6.07, 6.45) is 13.5. The Morgan fingerprint density at radius 3 is 2.12 bits per heavy atom. The van der Waals surface area contributed by atoms with Gasteiger partial charge in [0.1, 0.15) is 0 Å². The van der Waals surface area contributed by atoms with Crippen molar-refractivity contribution in [2.45, 2.75) is 71.0 Å². The van der Waals surface area contributed by atoms with Gasteiger partial charge in [0.2, 0.25) is 8.32 Å². The fourth-order valence-corrected chi connectivity index (χ4v) is 2.38. The van der Waals surface area contributed by atoms with E-state index >= 15 is 0 Å². The van der Waals surface area contributed by atoms with Crippen LogP contribution >= 0.6 is 0 Å². The molecule has 0 fully saturated rings. The maximum atomic E-state index is 11.4. The van der Waals surface area contributed by atoms with Crippen molar-refractivity contribution in [2.75, 3.05) is 0 Å². The Bertz CT molecular complexity index is 248. The highest BCUT2D eigenvalue weighted by atomic mass is 28.4. The molecule has 3 heteroatoms. The van der Waals surface area contributed by atoms with E-state index in [9.17, 15) is 4.79 Å². The molecule has 0 N–H and O–H groups in total. The van der Waals surface area contributed by atoms with Gasteiger partial charge >= 0.3 is 0 Å². The van der Waals surface area contributed by atoms with E-state index in [2.05, 4.69) is 5.92 Å². The van der Waals surface area contributed by atoms with Crippen molar-refractivity contribution in [1.82, 2.24) is 0 Å². The van der Waals surface area contributed by atoms with Crippen molar-refractivity contribution in [3.63, 3.8) is 0 Å². The Kier molecular flexibility index (Phi) is 8.88. The smallest absolute Gasteiger partial charge is 0.292 e. The minimum Gasteiger partial charge on any atom is -0.520 e. The summed E-state index contributed by atoms with van der Waals surface area (Å²) in [6, 6.07) is 0. The maximum absolute atomic E-state index is 11.4. The topological polar surface area (TPSA) is 26.3 Å². The number of rotatable bonds is 9. The molecule has 0 aromatic carbocycles. The van der Waals surface area contributed by atoms with Crippen molar-refractivity contribution in [1.29, 1.82) is 0 Å². The van der Waals surface area contributed by atoms with Crippen LogP contribution in [0, 0.1) is 12.3 Å². The highest BCUT2D eigenvalue weighted by Gasteiger charge is 2.19. The molecule has 98 valence electrons. The van der Waals surface area contributed by atoms with Crippen LogP contribution in [0.4, 0.5) is 0 Å². The molecule has 0 saturated carbocycles. The van der Waals surface area contributed by atoms with Crippen molar-refractivity contribution < 1.29 is 9.22 Å². The average molecular weight is 254 g/mol. The zero-order valence-electron chi connectivity index (χ0n) is 11.6. The van der Waals surface area contributed by atoms with Crippen LogP contribution in [0.3, 0.4) is 0 Å². The second-order valence-electron chi connectivity index (χ2n) is 5.41. The van der Waals surface area contributed by atoms with Crippen molar-refractivity contribution >= 4 is 14.3 Å².